The number of nitrogens with one attached hydrogen (secondary N) is 1. The van der Waals surface area contributed by atoms with Crippen molar-refractivity contribution in [2.45, 2.75) is 6.92 Å². The van der Waals surface area contributed by atoms with Crippen molar-refractivity contribution in [3.63, 3.8) is 0 Å². The molecule has 0 spiro atoms. The molecule has 0 aromatic carbocycles. The Balaban J connectivity index is 2.38. The lowest BCUT2D eigenvalue weighted by molar-refractivity contribution is 0.280. The van der Waals surface area contributed by atoms with Gasteiger partial charge in [-0.25, -0.2) is 4.68 Å². The molecule has 2 heterocycles. The maximum Gasteiger partial charge on any atom is 0.257 e. The third kappa shape index (κ3) is 3.86. The van der Waals surface area contributed by atoms with Gasteiger partial charge in [-0.05, 0) is 13.0 Å². The zero-order valence-corrected chi connectivity index (χ0v) is 11.8. The number of aliphatic hydroxyl groups is 2. The number of nitrogens with zero attached hydrogens (tertiary/aromatic N) is 6. The topological polar surface area (TPSA) is 112 Å². The lowest BCUT2D eigenvalue weighted by Crippen LogP contribution is -2.32. The van der Waals surface area contributed by atoms with E-state index < -0.39 is 0 Å². The van der Waals surface area contributed by atoms with E-state index in [1.165, 1.54) is 4.68 Å². The Kier molecular flexibility index (Phi) is 5.41. The van der Waals surface area contributed by atoms with E-state index in [9.17, 15) is 0 Å². The first-order chi connectivity index (χ1) is 10.3. The van der Waals surface area contributed by atoms with Crippen molar-refractivity contribution in [2.24, 2.45) is 0 Å². The Bertz CT molecular complexity index is 541. The maximum atomic E-state index is 9.12. The highest BCUT2D eigenvalue weighted by molar-refractivity contribution is 5.40. The highest BCUT2D eigenvalue weighted by atomic mass is 16.3. The minimum Gasteiger partial charge on any atom is -0.395 e. The number of hydrogen-bond donors (Lipinski definition) is 3. The summed E-state index contributed by atoms with van der Waals surface area (Å²) < 4.78 is 1.53. The zero-order valence-electron chi connectivity index (χ0n) is 11.8. The summed E-state index contributed by atoms with van der Waals surface area (Å²) in [5.74, 6) is 1.19. The molecule has 114 valence electrons. The summed E-state index contributed by atoms with van der Waals surface area (Å²) >= 11 is 0. The van der Waals surface area contributed by atoms with Gasteiger partial charge in [0.25, 0.3) is 5.95 Å². The van der Waals surface area contributed by atoms with Crippen molar-refractivity contribution in [3.8, 4) is 5.95 Å². The molecule has 0 radical (unpaired) electrons. The quantitative estimate of drug-likeness (QED) is 0.584. The SMILES string of the molecule is CCNc1nc(N(CCO)CCO)nc(-n2cccn2)n1. The molecule has 0 aliphatic rings. The molecule has 0 aliphatic heterocycles. The number of rotatable bonds is 8. The smallest absolute Gasteiger partial charge is 0.257 e. The Morgan fingerprint density at radius 1 is 1.19 bits per heavy atom. The Morgan fingerprint density at radius 3 is 2.52 bits per heavy atom. The van der Waals surface area contributed by atoms with Gasteiger partial charge < -0.3 is 20.4 Å². The fourth-order valence-corrected chi connectivity index (χ4v) is 1.78. The minimum absolute atomic E-state index is 0.0562. The van der Waals surface area contributed by atoms with Crippen LogP contribution in [0.15, 0.2) is 18.5 Å². The number of anilines is 2. The van der Waals surface area contributed by atoms with E-state index in [2.05, 4.69) is 25.4 Å². The number of aliphatic hydroxyl groups excluding tert-OH is 2. The van der Waals surface area contributed by atoms with Gasteiger partial charge in [0.15, 0.2) is 0 Å². The molecule has 9 nitrogen and oxygen atoms in total. The fourth-order valence-electron chi connectivity index (χ4n) is 1.78. The average molecular weight is 293 g/mol. The fraction of sp³-hybridized carbons (Fsp3) is 0.500. The van der Waals surface area contributed by atoms with E-state index in [-0.39, 0.29) is 13.2 Å². The van der Waals surface area contributed by atoms with Gasteiger partial charge in [0.1, 0.15) is 0 Å². The van der Waals surface area contributed by atoms with Crippen LogP contribution in [0.2, 0.25) is 0 Å². The van der Waals surface area contributed by atoms with Crippen LogP contribution in [0, 0.1) is 0 Å². The van der Waals surface area contributed by atoms with Crippen LogP contribution in [-0.4, -0.2) is 67.8 Å². The van der Waals surface area contributed by atoms with Crippen LogP contribution in [0.25, 0.3) is 5.95 Å². The van der Waals surface area contributed by atoms with Crippen LogP contribution in [0.3, 0.4) is 0 Å². The Labute approximate surface area is 122 Å². The van der Waals surface area contributed by atoms with Crippen LogP contribution in [0.4, 0.5) is 11.9 Å². The monoisotopic (exact) mass is 293 g/mol. The predicted octanol–water partition coefficient (Wildman–Crippen LogP) is -0.720. The highest BCUT2D eigenvalue weighted by Gasteiger charge is 2.14. The number of aromatic nitrogens is 5. The first-order valence-corrected chi connectivity index (χ1v) is 6.75. The lowest BCUT2D eigenvalue weighted by Gasteiger charge is -2.21. The summed E-state index contributed by atoms with van der Waals surface area (Å²) in [7, 11) is 0. The summed E-state index contributed by atoms with van der Waals surface area (Å²) in [6, 6.07) is 1.77. The second kappa shape index (κ2) is 7.50. The van der Waals surface area contributed by atoms with Crippen LogP contribution >= 0.6 is 0 Å². The van der Waals surface area contributed by atoms with Crippen LogP contribution in [0.5, 0.6) is 0 Å². The first-order valence-electron chi connectivity index (χ1n) is 6.75. The molecule has 2 aromatic rings. The molecular formula is C12H19N7O2. The van der Waals surface area contributed by atoms with E-state index in [0.717, 1.165) is 0 Å². The Hall–Kier alpha value is -2.26. The molecule has 0 atom stereocenters. The van der Waals surface area contributed by atoms with Crippen LogP contribution in [0.1, 0.15) is 6.92 Å². The molecule has 0 saturated carbocycles. The van der Waals surface area contributed by atoms with E-state index >= 15 is 0 Å². The van der Waals surface area contributed by atoms with Gasteiger partial charge in [0.05, 0.1) is 13.2 Å². The molecule has 0 amide bonds. The van der Waals surface area contributed by atoms with Gasteiger partial charge in [-0.1, -0.05) is 0 Å². The van der Waals surface area contributed by atoms with Crippen molar-refractivity contribution in [2.75, 3.05) is 43.1 Å². The summed E-state index contributed by atoms with van der Waals surface area (Å²) in [5.41, 5.74) is 0. The largest absolute Gasteiger partial charge is 0.395 e. The average Bonchev–Trinajstić information content (AvgIpc) is 3.01. The van der Waals surface area contributed by atoms with Crippen molar-refractivity contribution < 1.29 is 10.2 Å². The van der Waals surface area contributed by atoms with Gasteiger partial charge in [0, 0.05) is 32.0 Å². The first kappa shape index (κ1) is 15.1. The van der Waals surface area contributed by atoms with Gasteiger partial charge in [-0.2, -0.15) is 20.1 Å². The molecule has 9 heteroatoms. The lowest BCUT2D eigenvalue weighted by atomic mass is 10.5. The highest BCUT2D eigenvalue weighted by Crippen LogP contribution is 2.12. The summed E-state index contributed by atoms with van der Waals surface area (Å²) in [5, 5.41) is 25.4. The van der Waals surface area contributed by atoms with Gasteiger partial charge in [-0.3, -0.25) is 0 Å². The molecule has 3 N–H and O–H groups in total. The molecule has 0 bridgehead atoms. The van der Waals surface area contributed by atoms with E-state index in [4.69, 9.17) is 10.2 Å². The van der Waals surface area contributed by atoms with Gasteiger partial charge in [0.2, 0.25) is 11.9 Å². The normalized spacial score (nSPS) is 10.6. The Morgan fingerprint density at radius 2 is 1.95 bits per heavy atom. The molecular weight excluding hydrogens is 274 g/mol. The summed E-state index contributed by atoms with van der Waals surface area (Å²) in [4.78, 5) is 14.6. The molecule has 21 heavy (non-hydrogen) atoms. The van der Waals surface area contributed by atoms with Gasteiger partial charge in [-0.15, -0.1) is 0 Å². The zero-order chi connectivity index (χ0) is 15.1. The molecule has 0 unspecified atom stereocenters. The van der Waals surface area contributed by atoms with E-state index in [0.29, 0.717) is 37.5 Å². The summed E-state index contributed by atoms with van der Waals surface area (Å²) in [6.07, 6.45) is 3.37. The third-order valence-corrected chi connectivity index (χ3v) is 2.68. The third-order valence-electron chi connectivity index (χ3n) is 2.68. The molecule has 0 aliphatic carbocycles. The standard InChI is InChI=1S/C12H19N7O2/c1-2-13-10-15-11(18(6-8-20)7-9-21)17-12(16-10)19-5-3-4-14-19/h3-5,20-21H,2,6-9H2,1H3,(H,13,15,16,17). The molecule has 2 aromatic heterocycles. The van der Waals surface area contributed by atoms with Crippen molar-refractivity contribution in [1.82, 2.24) is 24.7 Å². The second-order valence-electron chi connectivity index (χ2n) is 4.17. The van der Waals surface area contributed by atoms with Crippen molar-refractivity contribution in [1.29, 1.82) is 0 Å². The maximum absolute atomic E-state index is 9.12. The minimum atomic E-state index is -0.0562. The van der Waals surface area contributed by atoms with E-state index in [1.807, 2.05) is 6.92 Å². The van der Waals surface area contributed by atoms with Gasteiger partial charge >= 0.3 is 0 Å². The van der Waals surface area contributed by atoms with Crippen LogP contribution < -0.4 is 10.2 Å². The summed E-state index contributed by atoms with van der Waals surface area (Å²) in [6.45, 7) is 3.15. The van der Waals surface area contributed by atoms with Crippen molar-refractivity contribution in [3.05, 3.63) is 18.5 Å². The van der Waals surface area contributed by atoms with Crippen LogP contribution in [-0.2, 0) is 0 Å². The molecule has 0 fully saturated rings. The predicted molar refractivity (Wildman–Crippen MR) is 77.5 cm³/mol. The number of hydrogen-bond acceptors (Lipinski definition) is 8. The van der Waals surface area contributed by atoms with Crippen molar-refractivity contribution >= 4 is 11.9 Å². The molecule has 2 rings (SSSR count). The molecule has 0 saturated heterocycles. The van der Waals surface area contributed by atoms with E-state index in [1.54, 1.807) is 23.4 Å². The second-order valence-corrected chi connectivity index (χ2v) is 4.17.